The molecule has 0 bridgehead atoms. The van der Waals surface area contributed by atoms with Crippen molar-refractivity contribution in [3.8, 4) is 22.8 Å². The van der Waals surface area contributed by atoms with Gasteiger partial charge in [0.1, 0.15) is 21.7 Å². The molecule has 1 aromatic carbocycles. The first-order valence-electron chi connectivity index (χ1n) is 10.3. The van der Waals surface area contributed by atoms with E-state index in [1.54, 1.807) is 30.7 Å². The lowest BCUT2D eigenvalue weighted by molar-refractivity contribution is 0.177. The highest BCUT2D eigenvalue weighted by atomic mass is 127. The second-order valence-corrected chi connectivity index (χ2v) is 9.71. The highest BCUT2D eigenvalue weighted by molar-refractivity contribution is 14.1. The van der Waals surface area contributed by atoms with Crippen LogP contribution in [-0.2, 0) is 0 Å². The molecule has 34 heavy (non-hydrogen) atoms. The van der Waals surface area contributed by atoms with Crippen molar-refractivity contribution in [3.05, 3.63) is 53.1 Å². The third-order valence-electron chi connectivity index (χ3n) is 5.43. The number of fused-ring (bicyclic) bond motifs is 3. The summed E-state index contributed by atoms with van der Waals surface area (Å²) < 4.78 is 10.3. The third-order valence-corrected chi connectivity index (χ3v) is 6.77. The number of halogens is 1. The smallest absolute Gasteiger partial charge is 0.405 e. The van der Waals surface area contributed by atoms with Gasteiger partial charge in [-0.25, -0.2) is 4.79 Å². The Morgan fingerprint density at radius 3 is 2.71 bits per heavy atom. The largest absolute Gasteiger partial charge is 0.493 e. The van der Waals surface area contributed by atoms with Gasteiger partial charge < -0.3 is 30.6 Å². The minimum absolute atomic E-state index is 0.124. The maximum absolute atomic E-state index is 12.2. The van der Waals surface area contributed by atoms with Crippen LogP contribution in [0.3, 0.4) is 0 Å². The number of aromatic amines is 1. The monoisotopic (exact) mass is 575 g/mol. The number of nitrogens with zero attached hydrogens (tertiary/aromatic N) is 2. The van der Waals surface area contributed by atoms with Crippen LogP contribution in [0.1, 0.15) is 13.3 Å². The topological polar surface area (TPSA) is 152 Å². The lowest BCUT2D eigenvalue weighted by atomic mass is 10.0. The molecular weight excluding hydrogens is 553 g/mol. The molecule has 0 saturated heterocycles. The fourth-order valence-corrected chi connectivity index (χ4v) is 3.95. The summed E-state index contributed by atoms with van der Waals surface area (Å²) in [4.78, 5) is 35.0. The SMILES string of the molecule is CC[C@@](I)(COc1cncc(-c2cc3c(cnc4cc(=O)c(OC)cc43)c(N)[nH]2)c1)NC(=O)O. The molecule has 10 nitrogen and oxygen atoms in total. The number of nitrogen functional groups attached to an aromatic ring is 1. The van der Waals surface area contributed by atoms with Gasteiger partial charge in [0.2, 0.25) is 5.43 Å². The van der Waals surface area contributed by atoms with Gasteiger partial charge in [0, 0.05) is 40.5 Å². The Morgan fingerprint density at radius 1 is 1.21 bits per heavy atom. The van der Waals surface area contributed by atoms with Crippen molar-refractivity contribution in [2.24, 2.45) is 0 Å². The van der Waals surface area contributed by atoms with E-state index in [2.05, 4.69) is 20.3 Å². The molecule has 3 aromatic heterocycles. The van der Waals surface area contributed by atoms with E-state index in [-0.39, 0.29) is 17.8 Å². The van der Waals surface area contributed by atoms with E-state index < -0.39 is 9.64 Å². The number of hydrogen-bond donors (Lipinski definition) is 4. The molecular formula is C23H22IN5O5. The molecule has 0 saturated carbocycles. The molecule has 4 rings (SSSR count). The second-order valence-electron chi connectivity index (χ2n) is 7.65. The molecule has 0 spiro atoms. The van der Waals surface area contributed by atoms with Crippen molar-refractivity contribution in [3.63, 3.8) is 0 Å². The number of anilines is 1. The van der Waals surface area contributed by atoms with Crippen LogP contribution in [0.2, 0.25) is 0 Å². The highest BCUT2D eigenvalue weighted by Crippen LogP contribution is 2.32. The number of nitrogens with one attached hydrogen (secondary N) is 2. The molecule has 0 aliphatic rings. The zero-order valence-electron chi connectivity index (χ0n) is 18.4. The summed E-state index contributed by atoms with van der Waals surface area (Å²) in [5.74, 6) is 1.10. The van der Waals surface area contributed by atoms with Crippen LogP contribution in [0, 0.1) is 0 Å². The van der Waals surface area contributed by atoms with Crippen LogP contribution in [0.5, 0.6) is 11.5 Å². The molecule has 176 valence electrons. The number of benzene rings is 1. The van der Waals surface area contributed by atoms with Gasteiger partial charge >= 0.3 is 6.09 Å². The molecule has 1 amide bonds. The second kappa shape index (κ2) is 9.33. The number of carbonyl (C=O) groups is 1. The van der Waals surface area contributed by atoms with E-state index >= 15 is 0 Å². The van der Waals surface area contributed by atoms with Crippen LogP contribution in [0.25, 0.3) is 32.9 Å². The Bertz CT molecular complexity index is 1460. The quantitative estimate of drug-likeness (QED) is 0.112. The zero-order valence-corrected chi connectivity index (χ0v) is 20.5. The Hall–Kier alpha value is -3.61. The maximum atomic E-state index is 12.2. The summed E-state index contributed by atoms with van der Waals surface area (Å²) in [5.41, 5.74) is 7.98. The molecule has 0 aliphatic heterocycles. The maximum Gasteiger partial charge on any atom is 0.405 e. The number of rotatable bonds is 7. The number of aromatic nitrogens is 3. The predicted molar refractivity (Wildman–Crippen MR) is 138 cm³/mol. The van der Waals surface area contributed by atoms with Crippen molar-refractivity contribution in [1.29, 1.82) is 0 Å². The van der Waals surface area contributed by atoms with Gasteiger partial charge in [0.15, 0.2) is 5.75 Å². The van der Waals surface area contributed by atoms with Crippen LogP contribution in [-0.4, -0.2) is 43.4 Å². The number of carboxylic acid groups (broad SMARTS) is 1. The summed E-state index contributed by atoms with van der Waals surface area (Å²) in [6.07, 6.45) is 4.27. The molecule has 4 aromatic rings. The van der Waals surface area contributed by atoms with E-state index in [9.17, 15) is 9.59 Å². The molecule has 3 heterocycles. The fraction of sp³-hybridized carbons (Fsp3) is 0.217. The number of hydrogen-bond acceptors (Lipinski definition) is 7. The van der Waals surface area contributed by atoms with Gasteiger partial charge in [-0.3, -0.25) is 14.8 Å². The summed E-state index contributed by atoms with van der Waals surface area (Å²) in [6.45, 7) is 2.00. The number of pyridine rings is 3. The van der Waals surface area contributed by atoms with Crippen molar-refractivity contribution < 1.29 is 19.4 Å². The number of amides is 1. The molecule has 11 heteroatoms. The average Bonchev–Trinajstić information content (AvgIpc) is 2.82. The van der Waals surface area contributed by atoms with Crippen molar-refractivity contribution >= 4 is 56.2 Å². The minimum atomic E-state index is -1.12. The van der Waals surface area contributed by atoms with Gasteiger partial charge in [0.25, 0.3) is 0 Å². The van der Waals surface area contributed by atoms with Crippen molar-refractivity contribution in [1.82, 2.24) is 20.3 Å². The molecule has 0 aliphatic carbocycles. The Morgan fingerprint density at radius 2 is 2.00 bits per heavy atom. The molecule has 5 N–H and O–H groups in total. The van der Waals surface area contributed by atoms with Gasteiger partial charge in [-0.15, -0.1) is 0 Å². The van der Waals surface area contributed by atoms with E-state index in [0.717, 1.165) is 10.8 Å². The number of nitrogens with two attached hydrogens (primary N) is 1. The minimum Gasteiger partial charge on any atom is -0.493 e. The van der Waals surface area contributed by atoms with Crippen LogP contribution in [0.15, 0.2) is 47.7 Å². The summed E-state index contributed by atoms with van der Waals surface area (Å²) >= 11 is 2.03. The molecule has 0 radical (unpaired) electrons. The number of H-pyrrole nitrogens is 1. The van der Waals surface area contributed by atoms with Crippen LogP contribution >= 0.6 is 22.6 Å². The summed E-state index contributed by atoms with van der Waals surface area (Å²) in [7, 11) is 1.45. The average molecular weight is 575 g/mol. The first kappa shape index (κ1) is 23.5. The molecule has 0 fully saturated rings. The van der Waals surface area contributed by atoms with Crippen molar-refractivity contribution in [2.75, 3.05) is 19.5 Å². The van der Waals surface area contributed by atoms with Gasteiger partial charge in [-0.1, -0.05) is 29.5 Å². The van der Waals surface area contributed by atoms with E-state index in [0.29, 0.717) is 40.1 Å². The number of alkyl halides is 1. The third kappa shape index (κ3) is 4.69. The normalized spacial score (nSPS) is 12.9. The first-order chi connectivity index (χ1) is 16.2. The number of methoxy groups -OCH3 is 1. The van der Waals surface area contributed by atoms with Gasteiger partial charge in [-0.2, -0.15) is 0 Å². The Balaban J connectivity index is 1.74. The number of ether oxygens (including phenoxy) is 2. The zero-order chi connectivity index (χ0) is 24.5. The van der Waals surface area contributed by atoms with E-state index in [1.807, 2.05) is 35.6 Å². The standard InChI is InChI=1S/C23H22IN5O5/c1-3-23(24,29-22(31)32)11-34-13-4-12(8-26-9-13)17-5-14-15-6-20(33-2)19(30)7-18(15)27-10-16(14)21(25)28-17/h4-10,28-29H,3,11,25H2,1-2H3,(H,31,32)/t23-/m0/s1. The Labute approximate surface area is 207 Å². The van der Waals surface area contributed by atoms with E-state index in [1.165, 1.54) is 13.2 Å². The lowest BCUT2D eigenvalue weighted by Gasteiger charge is -2.26. The fourth-order valence-electron chi connectivity index (χ4n) is 3.56. The summed E-state index contributed by atoms with van der Waals surface area (Å²) in [5, 5.41) is 13.8. The lowest BCUT2D eigenvalue weighted by Crippen LogP contribution is -2.46. The predicted octanol–water partition coefficient (Wildman–Crippen LogP) is 3.92. The molecule has 0 unspecified atom stereocenters. The van der Waals surface area contributed by atoms with Gasteiger partial charge in [0.05, 0.1) is 18.8 Å². The highest BCUT2D eigenvalue weighted by Gasteiger charge is 2.27. The Kier molecular flexibility index (Phi) is 6.46. The van der Waals surface area contributed by atoms with Crippen LogP contribution < -0.4 is 26.0 Å². The first-order valence-corrected chi connectivity index (χ1v) is 11.4. The van der Waals surface area contributed by atoms with Gasteiger partial charge in [-0.05, 0) is 30.0 Å². The summed E-state index contributed by atoms with van der Waals surface area (Å²) in [6, 6.07) is 6.79. The van der Waals surface area contributed by atoms with Crippen molar-refractivity contribution in [2.45, 2.75) is 16.9 Å². The molecule has 1 atom stereocenters. The van der Waals surface area contributed by atoms with Crippen LogP contribution in [0.4, 0.5) is 10.6 Å². The van der Waals surface area contributed by atoms with E-state index in [4.69, 9.17) is 20.3 Å².